The molecule has 1 saturated heterocycles. The zero-order valence-electron chi connectivity index (χ0n) is 17.0. The van der Waals surface area contributed by atoms with Gasteiger partial charge in [0.1, 0.15) is 5.75 Å². The van der Waals surface area contributed by atoms with Crippen LogP contribution in [0.4, 0.5) is 11.4 Å². The summed E-state index contributed by atoms with van der Waals surface area (Å²) < 4.78 is 0. The summed E-state index contributed by atoms with van der Waals surface area (Å²) in [5, 5.41) is 9.71. The normalized spacial score (nSPS) is 27.1. The van der Waals surface area contributed by atoms with Crippen molar-refractivity contribution in [1.29, 1.82) is 0 Å². The Morgan fingerprint density at radius 3 is 2.48 bits per heavy atom. The number of phenolic OH excluding ortho intramolecular Hbond substituents is 1. The molecule has 5 nitrogen and oxygen atoms in total. The van der Waals surface area contributed by atoms with Crippen molar-refractivity contribution in [2.24, 2.45) is 0 Å². The highest BCUT2D eigenvalue weighted by Crippen LogP contribution is 2.61. The average Bonchev–Trinajstić information content (AvgIpc) is 3.11. The molecule has 2 atom stereocenters. The van der Waals surface area contributed by atoms with Gasteiger partial charge in [-0.25, -0.2) is 0 Å². The van der Waals surface area contributed by atoms with Gasteiger partial charge in [0.25, 0.3) is 5.91 Å². The molecule has 0 aliphatic carbocycles. The lowest BCUT2D eigenvalue weighted by atomic mass is 9.80. The molecule has 1 spiro atoms. The first-order valence-corrected chi connectivity index (χ1v) is 10.9. The van der Waals surface area contributed by atoms with E-state index in [0.717, 1.165) is 23.2 Å². The molecule has 0 radical (unpaired) electrons. The smallest absolute Gasteiger partial charge is 0.269 e. The van der Waals surface area contributed by atoms with Crippen molar-refractivity contribution in [3.63, 3.8) is 0 Å². The lowest BCUT2D eigenvalue weighted by Gasteiger charge is -2.44. The van der Waals surface area contributed by atoms with Crippen LogP contribution in [-0.2, 0) is 14.5 Å². The minimum Gasteiger partial charge on any atom is -0.508 e. The van der Waals surface area contributed by atoms with E-state index < -0.39 is 4.87 Å². The highest BCUT2D eigenvalue weighted by Gasteiger charge is 2.64. The number of thioether (sulfide) groups is 1. The number of rotatable bonds is 1. The number of phenols is 1. The van der Waals surface area contributed by atoms with E-state index in [-0.39, 0.29) is 28.9 Å². The molecule has 2 aromatic carbocycles. The van der Waals surface area contributed by atoms with E-state index in [1.54, 1.807) is 29.2 Å². The van der Waals surface area contributed by atoms with E-state index in [4.69, 9.17) is 0 Å². The van der Waals surface area contributed by atoms with Crippen molar-refractivity contribution in [1.82, 2.24) is 0 Å². The highest BCUT2D eigenvalue weighted by atomic mass is 32.2. The fraction of sp³-hybridized carbons (Fsp3) is 0.391. The highest BCUT2D eigenvalue weighted by molar-refractivity contribution is 8.02. The Labute approximate surface area is 174 Å². The first-order chi connectivity index (χ1) is 13.7. The van der Waals surface area contributed by atoms with Crippen LogP contribution in [0, 0.1) is 6.92 Å². The zero-order chi connectivity index (χ0) is 20.7. The summed E-state index contributed by atoms with van der Waals surface area (Å²) >= 11 is 1.41. The number of aromatic hydroxyl groups is 1. The monoisotopic (exact) mass is 408 g/mol. The number of nitrogens with zero attached hydrogens (tertiary/aromatic N) is 2. The molecular formula is C23H24N2O3S. The minimum absolute atomic E-state index is 0.0415. The number of anilines is 2. The molecule has 0 bridgehead atoms. The molecule has 0 unspecified atom stereocenters. The number of hydrogen-bond donors (Lipinski definition) is 1. The maximum Gasteiger partial charge on any atom is 0.269 e. The van der Waals surface area contributed by atoms with Crippen molar-refractivity contribution < 1.29 is 14.7 Å². The van der Waals surface area contributed by atoms with Gasteiger partial charge in [0, 0.05) is 16.8 Å². The molecule has 1 fully saturated rings. The van der Waals surface area contributed by atoms with Crippen LogP contribution in [0.2, 0.25) is 0 Å². The van der Waals surface area contributed by atoms with Gasteiger partial charge >= 0.3 is 0 Å². The second kappa shape index (κ2) is 5.79. The standard InChI is InChI=1S/C23H24N2O3S/c1-13-9-17-14(2)11-22(3,4)25-20(17)18(10-13)23(21(25)28)24(19(27)12-29-23)15-5-7-16(26)8-6-15/h5-10,14,26H,11-12H2,1-4H3/t14-,23-/m0/s1. The molecule has 3 heterocycles. The van der Waals surface area contributed by atoms with Gasteiger partial charge in [-0.1, -0.05) is 24.6 Å². The number of carbonyl (C=O) groups excluding carboxylic acids is 2. The van der Waals surface area contributed by atoms with Gasteiger partial charge < -0.3 is 10.0 Å². The molecule has 2 amide bonds. The predicted molar refractivity (Wildman–Crippen MR) is 116 cm³/mol. The van der Waals surface area contributed by atoms with E-state index in [0.29, 0.717) is 11.6 Å². The summed E-state index contributed by atoms with van der Waals surface area (Å²) in [7, 11) is 0. The first kappa shape index (κ1) is 18.6. The van der Waals surface area contributed by atoms with E-state index in [9.17, 15) is 14.7 Å². The van der Waals surface area contributed by atoms with Gasteiger partial charge in [-0.3, -0.25) is 14.5 Å². The number of amides is 2. The second-order valence-electron chi connectivity index (χ2n) is 8.99. The van der Waals surface area contributed by atoms with Crippen molar-refractivity contribution >= 4 is 35.0 Å². The summed E-state index contributed by atoms with van der Waals surface area (Å²) in [5.41, 5.74) is 4.49. The second-order valence-corrected chi connectivity index (χ2v) is 10.2. The molecule has 3 aliphatic heterocycles. The van der Waals surface area contributed by atoms with Crippen LogP contribution in [0.1, 0.15) is 49.8 Å². The molecule has 5 rings (SSSR count). The largest absolute Gasteiger partial charge is 0.508 e. The van der Waals surface area contributed by atoms with Crippen molar-refractivity contribution in [2.75, 3.05) is 15.6 Å². The predicted octanol–water partition coefficient (Wildman–Crippen LogP) is 4.27. The summed E-state index contributed by atoms with van der Waals surface area (Å²) in [6.45, 7) is 8.49. The maximum atomic E-state index is 14.1. The fourth-order valence-corrected chi connectivity index (χ4v) is 6.66. The van der Waals surface area contributed by atoms with Gasteiger partial charge in [0.05, 0.1) is 11.4 Å². The molecule has 6 heteroatoms. The van der Waals surface area contributed by atoms with Crippen LogP contribution in [0.25, 0.3) is 0 Å². The average molecular weight is 409 g/mol. The van der Waals surface area contributed by atoms with Crippen molar-refractivity contribution in [3.05, 3.63) is 53.1 Å². The van der Waals surface area contributed by atoms with Gasteiger partial charge in [-0.05, 0) is 62.9 Å². The van der Waals surface area contributed by atoms with Crippen LogP contribution < -0.4 is 9.80 Å². The third-order valence-corrected chi connectivity index (χ3v) is 7.77. The van der Waals surface area contributed by atoms with E-state index in [2.05, 4.69) is 39.8 Å². The topological polar surface area (TPSA) is 60.9 Å². The Kier molecular flexibility index (Phi) is 3.70. The number of fused-ring (bicyclic) bond motifs is 1. The Morgan fingerprint density at radius 1 is 1.10 bits per heavy atom. The number of benzene rings is 2. The summed E-state index contributed by atoms with van der Waals surface area (Å²) in [6.07, 6.45) is 0.878. The lowest BCUT2D eigenvalue weighted by Crippen LogP contribution is -2.56. The Bertz CT molecular complexity index is 1060. The first-order valence-electron chi connectivity index (χ1n) is 9.92. The fourth-order valence-electron chi connectivity index (χ4n) is 5.34. The van der Waals surface area contributed by atoms with Crippen molar-refractivity contribution in [2.45, 2.75) is 50.4 Å². The summed E-state index contributed by atoms with van der Waals surface area (Å²) in [6, 6.07) is 10.8. The van der Waals surface area contributed by atoms with Gasteiger partial charge in [0.15, 0.2) is 0 Å². The number of carbonyl (C=O) groups is 2. The van der Waals surface area contributed by atoms with Crippen LogP contribution in [-0.4, -0.2) is 28.2 Å². The molecular weight excluding hydrogens is 384 g/mol. The molecule has 0 aromatic heterocycles. The number of hydrogen-bond acceptors (Lipinski definition) is 4. The van der Waals surface area contributed by atoms with Gasteiger partial charge in [-0.2, -0.15) is 0 Å². The SMILES string of the molecule is Cc1cc2c3c(c1)[C@]1(SCC(=O)N1c1ccc(O)cc1)C(=O)N3C(C)(C)C[C@@H]2C. The maximum absolute atomic E-state index is 14.1. The van der Waals surface area contributed by atoms with E-state index >= 15 is 0 Å². The van der Waals surface area contributed by atoms with Gasteiger partial charge in [0.2, 0.25) is 10.8 Å². The third-order valence-electron chi connectivity index (χ3n) is 6.38. The van der Waals surface area contributed by atoms with Crippen LogP contribution in [0.3, 0.4) is 0 Å². The molecule has 150 valence electrons. The zero-order valence-corrected chi connectivity index (χ0v) is 17.8. The number of aryl methyl sites for hydroxylation is 1. The molecule has 2 aromatic rings. The lowest BCUT2D eigenvalue weighted by molar-refractivity contribution is -0.124. The van der Waals surface area contributed by atoms with Gasteiger partial charge in [-0.15, -0.1) is 11.8 Å². The summed E-state index contributed by atoms with van der Waals surface area (Å²) in [5.74, 6) is 0.587. The quantitative estimate of drug-likeness (QED) is 0.766. The molecule has 0 saturated carbocycles. The third kappa shape index (κ3) is 2.29. The molecule has 29 heavy (non-hydrogen) atoms. The van der Waals surface area contributed by atoms with Crippen molar-refractivity contribution in [3.8, 4) is 5.75 Å². The Hall–Kier alpha value is -2.47. The van der Waals surface area contributed by atoms with E-state index in [1.807, 2.05) is 4.90 Å². The molecule has 1 N–H and O–H groups in total. The minimum atomic E-state index is -1.09. The van der Waals surface area contributed by atoms with Crippen LogP contribution in [0.15, 0.2) is 36.4 Å². The summed E-state index contributed by atoms with van der Waals surface area (Å²) in [4.78, 5) is 29.6. The molecule has 3 aliphatic rings. The van der Waals surface area contributed by atoms with Crippen LogP contribution in [0.5, 0.6) is 5.75 Å². The van der Waals surface area contributed by atoms with Crippen LogP contribution >= 0.6 is 11.8 Å². The Morgan fingerprint density at radius 2 is 1.79 bits per heavy atom. The van der Waals surface area contributed by atoms with E-state index in [1.165, 1.54) is 17.3 Å². The Balaban J connectivity index is 1.81.